The summed E-state index contributed by atoms with van der Waals surface area (Å²) in [5.41, 5.74) is 1.22. The number of nitrogens with one attached hydrogen (secondary N) is 1. The van der Waals surface area contributed by atoms with E-state index in [4.69, 9.17) is 23.2 Å². The quantitative estimate of drug-likeness (QED) is 0.596. The van der Waals surface area contributed by atoms with Gasteiger partial charge in [-0.25, -0.2) is 0 Å². The predicted molar refractivity (Wildman–Crippen MR) is 98.0 cm³/mol. The molecule has 0 bridgehead atoms. The molecule has 114 valence electrons. The van der Waals surface area contributed by atoms with Gasteiger partial charge in [0.15, 0.2) is 0 Å². The number of thiophene rings is 1. The SMILES string of the molecule is CCCNC(Cc1ccc(Cl)c(Cl)c1)Cc1ccc(Br)s1. The van der Waals surface area contributed by atoms with E-state index in [1.54, 1.807) is 11.3 Å². The van der Waals surface area contributed by atoms with Crippen LogP contribution in [0, 0.1) is 0 Å². The third-order valence-electron chi connectivity index (χ3n) is 3.23. The molecule has 0 saturated heterocycles. The van der Waals surface area contributed by atoms with E-state index in [1.807, 2.05) is 12.1 Å². The second-order valence-electron chi connectivity index (χ2n) is 5.01. The summed E-state index contributed by atoms with van der Waals surface area (Å²) in [7, 11) is 0. The predicted octanol–water partition coefficient (Wildman–Crippen LogP) is 5.97. The molecule has 0 aliphatic rings. The summed E-state index contributed by atoms with van der Waals surface area (Å²) in [6.07, 6.45) is 3.11. The summed E-state index contributed by atoms with van der Waals surface area (Å²) in [6, 6.07) is 10.6. The lowest BCUT2D eigenvalue weighted by Gasteiger charge is -2.18. The number of halogens is 3. The van der Waals surface area contributed by atoms with E-state index in [1.165, 1.54) is 14.2 Å². The molecule has 0 saturated carbocycles. The molecule has 1 N–H and O–H groups in total. The van der Waals surface area contributed by atoms with Crippen LogP contribution in [0.15, 0.2) is 34.1 Å². The molecule has 0 radical (unpaired) electrons. The van der Waals surface area contributed by atoms with Crippen LogP contribution in [-0.2, 0) is 12.8 Å². The first-order valence-corrected chi connectivity index (χ1v) is 9.36. The highest BCUT2D eigenvalue weighted by Crippen LogP contribution is 2.26. The van der Waals surface area contributed by atoms with Gasteiger partial charge in [0.05, 0.1) is 13.8 Å². The van der Waals surface area contributed by atoms with Gasteiger partial charge in [-0.1, -0.05) is 36.2 Å². The molecule has 1 aromatic carbocycles. The second-order valence-corrected chi connectivity index (χ2v) is 8.38. The third-order valence-corrected chi connectivity index (χ3v) is 5.61. The van der Waals surface area contributed by atoms with Crippen LogP contribution in [0.4, 0.5) is 0 Å². The largest absolute Gasteiger partial charge is 0.313 e. The van der Waals surface area contributed by atoms with E-state index in [-0.39, 0.29) is 0 Å². The Morgan fingerprint density at radius 3 is 2.57 bits per heavy atom. The van der Waals surface area contributed by atoms with Crippen molar-refractivity contribution in [3.05, 3.63) is 54.6 Å². The summed E-state index contributed by atoms with van der Waals surface area (Å²) < 4.78 is 1.18. The van der Waals surface area contributed by atoms with Gasteiger partial charge in [-0.2, -0.15) is 0 Å². The maximum atomic E-state index is 6.11. The van der Waals surface area contributed by atoms with E-state index in [2.05, 4.69) is 46.4 Å². The Balaban J connectivity index is 2.06. The fourth-order valence-electron chi connectivity index (χ4n) is 2.22. The second kappa shape index (κ2) is 8.54. The standard InChI is InChI=1S/C16H18BrCl2NS/c1-2-7-20-12(10-13-4-6-16(17)21-13)8-11-3-5-14(18)15(19)9-11/h3-6,9,12,20H,2,7-8,10H2,1H3. The average molecular weight is 407 g/mol. The molecule has 5 heteroatoms. The summed E-state index contributed by atoms with van der Waals surface area (Å²) in [5.74, 6) is 0. The van der Waals surface area contributed by atoms with Gasteiger partial charge in [-0.05, 0) is 71.6 Å². The van der Waals surface area contributed by atoms with Crippen molar-refractivity contribution in [3.8, 4) is 0 Å². The Kier molecular flexibility index (Phi) is 7.03. The van der Waals surface area contributed by atoms with Crippen LogP contribution < -0.4 is 5.32 Å². The average Bonchev–Trinajstić information content (AvgIpc) is 2.85. The van der Waals surface area contributed by atoms with Crippen molar-refractivity contribution < 1.29 is 0 Å². The van der Waals surface area contributed by atoms with Crippen molar-refractivity contribution in [2.45, 2.75) is 32.2 Å². The minimum atomic E-state index is 0.410. The van der Waals surface area contributed by atoms with Gasteiger partial charge in [0.2, 0.25) is 0 Å². The maximum absolute atomic E-state index is 6.11. The maximum Gasteiger partial charge on any atom is 0.0701 e. The number of rotatable bonds is 7. The smallest absolute Gasteiger partial charge is 0.0701 e. The van der Waals surface area contributed by atoms with Crippen molar-refractivity contribution in [1.82, 2.24) is 5.32 Å². The number of benzene rings is 1. The van der Waals surface area contributed by atoms with Crippen LogP contribution >= 0.6 is 50.5 Å². The lowest BCUT2D eigenvalue weighted by atomic mass is 10.0. The molecule has 0 aliphatic heterocycles. The first-order chi connectivity index (χ1) is 10.1. The fraction of sp³-hybridized carbons (Fsp3) is 0.375. The molecule has 1 nitrogen and oxygen atoms in total. The normalized spacial score (nSPS) is 12.6. The van der Waals surface area contributed by atoms with Gasteiger partial charge in [0.1, 0.15) is 0 Å². The van der Waals surface area contributed by atoms with Crippen LogP contribution in [0.1, 0.15) is 23.8 Å². The van der Waals surface area contributed by atoms with Crippen LogP contribution in [0.25, 0.3) is 0 Å². The van der Waals surface area contributed by atoms with Crippen molar-refractivity contribution in [3.63, 3.8) is 0 Å². The van der Waals surface area contributed by atoms with E-state index >= 15 is 0 Å². The minimum absolute atomic E-state index is 0.410. The minimum Gasteiger partial charge on any atom is -0.313 e. The zero-order valence-electron chi connectivity index (χ0n) is 11.8. The highest BCUT2D eigenvalue weighted by atomic mass is 79.9. The Morgan fingerprint density at radius 2 is 1.95 bits per heavy atom. The monoisotopic (exact) mass is 405 g/mol. The lowest BCUT2D eigenvalue weighted by molar-refractivity contribution is 0.507. The molecule has 0 spiro atoms. The van der Waals surface area contributed by atoms with Crippen LogP contribution in [0.5, 0.6) is 0 Å². The summed E-state index contributed by atoms with van der Waals surface area (Å²) in [4.78, 5) is 1.38. The summed E-state index contributed by atoms with van der Waals surface area (Å²) in [6.45, 7) is 3.21. The molecule has 21 heavy (non-hydrogen) atoms. The Labute approximate surface area is 148 Å². The van der Waals surface area contributed by atoms with E-state index < -0.39 is 0 Å². The Hall–Kier alpha value is -0.0600. The van der Waals surface area contributed by atoms with Crippen LogP contribution in [0.2, 0.25) is 10.0 Å². The molecule has 2 aromatic rings. The molecule has 1 atom stereocenters. The van der Waals surface area contributed by atoms with Gasteiger partial charge >= 0.3 is 0 Å². The van der Waals surface area contributed by atoms with Crippen LogP contribution in [0.3, 0.4) is 0 Å². The van der Waals surface area contributed by atoms with E-state index in [0.29, 0.717) is 16.1 Å². The first kappa shape index (κ1) is 17.3. The molecule has 0 amide bonds. The topological polar surface area (TPSA) is 12.0 Å². The molecule has 2 rings (SSSR count). The van der Waals surface area contributed by atoms with Gasteiger partial charge in [0, 0.05) is 10.9 Å². The van der Waals surface area contributed by atoms with Crippen molar-refractivity contribution in [2.75, 3.05) is 6.54 Å². The zero-order chi connectivity index (χ0) is 15.2. The molecule has 1 aromatic heterocycles. The van der Waals surface area contributed by atoms with Gasteiger partial charge < -0.3 is 5.32 Å². The van der Waals surface area contributed by atoms with E-state index in [9.17, 15) is 0 Å². The third kappa shape index (κ3) is 5.57. The van der Waals surface area contributed by atoms with Gasteiger partial charge in [-0.3, -0.25) is 0 Å². The number of hydrogen-bond acceptors (Lipinski definition) is 2. The summed E-state index contributed by atoms with van der Waals surface area (Å²) in [5, 5.41) is 4.86. The first-order valence-electron chi connectivity index (χ1n) is 7.00. The molecule has 1 heterocycles. The molecular weight excluding hydrogens is 389 g/mol. The highest BCUT2D eigenvalue weighted by Gasteiger charge is 2.12. The van der Waals surface area contributed by atoms with Crippen molar-refractivity contribution in [1.29, 1.82) is 0 Å². The van der Waals surface area contributed by atoms with Gasteiger partial charge in [-0.15, -0.1) is 11.3 Å². The molecule has 0 fully saturated rings. The molecular formula is C16H18BrCl2NS. The summed E-state index contributed by atoms with van der Waals surface area (Å²) >= 11 is 17.4. The number of hydrogen-bond donors (Lipinski definition) is 1. The Morgan fingerprint density at radius 1 is 1.14 bits per heavy atom. The Bertz CT molecular complexity index is 585. The van der Waals surface area contributed by atoms with Gasteiger partial charge in [0.25, 0.3) is 0 Å². The van der Waals surface area contributed by atoms with Crippen LogP contribution in [-0.4, -0.2) is 12.6 Å². The molecule has 0 aliphatic carbocycles. The highest BCUT2D eigenvalue weighted by molar-refractivity contribution is 9.11. The van der Waals surface area contributed by atoms with Crippen molar-refractivity contribution in [2.24, 2.45) is 0 Å². The molecule has 1 unspecified atom stereocenters. The zero-order valence-corrected chi connectivity index (χ0v) is 15.7. The van der Waals surface area contributed by atoms with Crippen molar-refractivity contribution >= 4 is 50.5 Å². The lowest BCUT2D eigenvalue weighted by Crippen LogP contribution is -2.33. The fourth-order valence-corrected chi connectivity index (χ4v) is 4.10. The van der Waals surface area contributed by atoms with E-state index in [0.717, 1.165) is 25.8 Å².